The van der Waals surface area contributed by atoms with E-state index in [9.17, 15) is 9.59 Å². The molecule has 4 aromatic rings. The highest BCUT2D eigenvalue weighted by atomic mass is 16.2. The van der Waals surface area contributed by atoms with E-state index in [0.717, 1.165) is 34.8 Å². The van der Waals surface area contributed by atoms with Crippen LogP contribution in [0.2, 0.25) is 0 Å². The van der Waals surface area contributed by atoms with Crippen LogP contribution in [0.1, 0.15) is 21.5 Å². The quantitative estimate of drug-likeness (QED) is 0.611. The number of hydrogen-bond acceptors (Lipinski definition) is 2. The number of aromatic nitrogens is 1. The van der Waals surface area contributed by atoms with E-state index in [4.69, 9.17) is 0 Å². The predicted octanol–water partition coefficient (Wildman–Crippen LogP) is 3.64. The number of nitrogens with zero attached hydrogens (tertiary/aromatic N) is 1. The molecule has 3 aromatic carbocycles. The summed E-state index contributed by atoms with van der Waals surface area (Å²) in [6, 6.07) is 19.9. The van der Waals surface area contributed by atoms with Crippen molar-refractivity contribution in [1.29, 1.82) is 0 Å². The topological polar surface area (TPSA) is 51.1 Å². The van der Waals surface area contributed by atoms with Crippen LogP contribution in [0.25, 0.3) is 21.7 Å². The Morgan fingerprint density at radius 1 is 0.963 bits per heavy atom. The Hall–Kier alpha value is -3.40. The lowest BCUT2D eigenvalue weighted by atomic mass is 10.0. The molecule has 0 saturated carbocycles. The Bertz CT molecular complexity index is 1270. The van der Waals surface area contributed by atoms with Crippen molar-refractivity contribution < 1.29 is 4.79 Å². The maximum absolute atomic E-state index is 12.9. The first-order valence-corrected chi connectivity index (χ1v) is 9.12. The molecule has 132 valence electrons. The predicted molar refractivity (Wildman–Crippen MR) is 107 cm³/mol. The number of pyridine rings is 1. The number of carbonyl (C=O) groups excluding carboxylic acids is 1. The number of rotatable bonds is 3. The highest BCUT2D eigenvalue weighted by Crippen LogP contribution is 2.24. The largest absolute Gasteiger partial charge is 0.348 e. The molecule has 0 unspecified atom stereocenters. The second-order valence-electron chi connectivity index (χ2n) is 6.95. The van der Waals surface area contributed by atoms with Crippen LogP contribution in [0.4, 0.5) is 0 Å². The normalized spacial score (nSPS) is 12.6. The van der Waals surface area contributed by atoms with E-state index in [1.54, 1.807) is 6.20 Å². The first-order chi connectivity index (χ1) is 13.2. The summed E-state index contributed by atoms with van der Waals surface area (Å²) in [5.41, 5.74) is 3.19. The van der Waals surface area contributed by atoms with Crippen molar-refractivity contribution in [3.63, 3.8) is 0 Å². The van der Waals surface area contributed by atoms with Crippen LogP contribution < -0.4 is 10.7 Å². The zero-order valence-electron chi connectivity index (χ0n) is 14.7. The van der Waals surface area contributed by atoms with Gasteiger partial charge in [-0.1, -0.05) is 54.6 Å². The molecule has 1 amide bonds. The average molecular weight is 354 g/mol. The Morgan fingerprint density at radius 2 is 1.74 bits per heavy atom. The first-order valence-electron chi connectivity index (χ1n) is 9.12. The Morgan fingerprint density at radius 3 is 2.67 bits per heavy atom. The molecular weight excluding hydrogens is 336 g/mol. The Balaban J connectivity index is 1.49. The summed E-state index contributed by atoms with van der Waals surface area (Å²) >= 11 is 0. The van der Waals surface area contributed by atoms with Crippen LogP contribution >= 0.6 is 0 Å². The van der Waals surface area contributed by atoms with Crippen molar-refractivity contribution in [3.8, 4) is 0 Å². The minimum atomic E-state index is -0.323. The number of para-hydroxylation sites is 1. The highest BCUT2D eigenvalue weighted by Gasteiger charge is 2.20. The van der Waals surface area contributed by atoms with Gasteiger partial charge in [0.2, 0.25) is 5.43 Å². The van der Waals surface area contributed by atoms with E-state index < -0.39 is 0 Å². The fourth-order valence-electron chi connectivity index (χ4n) is 4.04. The van der Waals surface area contributed by atoms with Crippen LogP contribution in [0.3, 0.4) is 0 Å². The number of aryl methyl sites for hydroxylation is 2. The number of carbonyl (C=O) groups is 1. The van der Waals surface area contributed by atoms with Gasteiger partial charge in [-0.25, -0.2) is 0 Å². The molecule has 0 radical (unpaired) electrons. The molecular formula is C23H18N2O2. The van der Waals surface area contributed by atoms with Gasteiger partial charge in [-0.2, -0.15) is 0 Å². The van der Waals surface area contributed by atoms with E-state index >= 15 is 0 Å². The fourth-order valence-corrected chi connectivity index (χ4v) is 4.04. The van der Waals surface area contributed by atoms with Crippen molar-refractivity contribution in [1.82, 2.24) is 9.88 Å². The number of fused-ring (bicyclic) bond motifs is 1. The summed E-state index contributed by atoms with van der Waals surface area (Å²) in [5.74, 6) is -0.323. The zero-order chi connectivity index (χ0) is 18.4. The first kappa shape index (κ1) is 15.8. The van der Waals surface area contributed by atoms with Crippen LogP contribution in [0.15, 0.2) is 71.7 Å². The van der Waals surface area contributed by atoms with Gasteiger partial charge in [0.05, 0.1) is 5.52 Å². The van der Waals surface area contributed by atoms with Crippen molar-refractivity contribution in [2.24, 2.45) is 0 Å². The summed E-state index contributed by atoms with van der Waals surface area (Å²) in [6.07, 6.45) is 2.61. The van der Waals surface area contributed by atoms with Crippen LogP contribution in [0, 0.1) is 0 Å². The van der Waals surface area contributed by atoms with Gasteiger partial charge in [0.25, 0.3) is 5.91 Å². The van der Waals surface area contributed by atoms with Gasteiger partial charge in [-0.3, -0.25) is 9.59 Å². The zero-order valence-corrected chi connectivity index (χ0v) is 14.7. The minimum absolute atomic E-state index is 0.194. The molecule has 1 aliphatic rings. The number of hydrogen-bond donors (Lipinski definition) is 1. The summed E-state index contributed by atoms with van der Waals surface area (Å²) in [5, 5.41) is 5.80. The van der Waals surface area contributed by atoms with Gasteiger partial charge in [0, 0.05) is 24.7 Å². The smallest absolute Gasteiger partial charge is 0.257 e. The minimum Gasteiger partial charge on any atom is -0.348 e. The summed E-state index contributed by atoms with van der Waals surface area (Å²) < 4.78 is 2.03. The molecule has 0 aliphatic carbocycles. The van der Waals surface area contributed by atoms with Crippen molar-refractivity contribution >= 4 is 27.6 Å². The van der Waals surface area contributed by atoms with Crippen LogP contribution in [0.5, 0.6) is 0 Å². The maximum atomic E-state index is 12.9. The van der Waals surface area contributed by atoms with Crippen molar-refractivity contribution in [2.75, 3.05) is 0 Å². The second kappa shape index (κ2) is 6.09. The van der Waals surface area contributed by atoms with Gasteiger partial charge in [-0.15, -0.1) is 0 Å². The fraction of sp³-hybridized carbons (Fsp3) is 0.130. The molecule has 0 fully saturated rings. The summed E-state index contributed by atoms with van der Waals surface area (Å²) in [4.78, 5) is 25.6. The van der Waals surface area contributed by atoms with E-state index in [0.29, 0.717) is 11.9 Å². The molecule has 5 rings (SSSR count). The molecule has 1 N–H and O–H groups in total. The lowest BCUT2D eigenvalue weighted by Gasteiger charge is -2.11. The van der Waals surface area contributed by atoms with E-state index in [1.165, 1.54) is 5.56 Å². The lowest BCUT2D eigenvalue weighted by molar-refractivity contribution is 0.0949. The Kier molecular flexibility index (Phi) is 3.57. The maximum Gasteiger partial charge on any atom is 0.257 e. The van der Waals surface area contributed by atoms with Crippen LogP contribution in [-0.2, 0) is 19.5 Å². The molecule has 1 aliphatic heterocycles. The number of benzene rings is 3. The Labute approximate surface area is 156 Å². The number of nitrogens with one attached hydrogen (secondary N) is 1. The monoisotopic (exact) mass is 354 g/mol. The van der Waals surface area contributed by atoms with E-state index in [1.807, 2.05) is 53.1 Å². The third kappa shape index (κ3) is 2.53. The summed E-state index contributed by atoms with van der Waals surface area (Å²) in [7, 11) is 0. The lowest BCUT2D eigenvalue weighted by Crippen LogP contribution is -2.29. The van der Waals surface area contributed by atoms with Gasteiger partial charge >= 0.3 is 0 Å². The summed E-state index contributed by atoms with van der Waals surface area (Å²) in [6.45, 7) is 1.19. The third-order valence-corrected chi connectivity index (χ3v) is 5.37. The standard InChI is InChI=1S/C23H18N2O2/c26-22-19-10-4-7-16-11-12-25(21(16)19)14-20(22)23(27)24-13-17-8-3-6-15-5-1-2-9-18(15)17/h1-10,14H,11-13H2,(H,24,27). The molecule has 0 spiro atoms. The van der Waals surface area contributed by atoms with E-state index in [2.05, 4.69) is 17.4 Å². The van der Waals surface area contributed by atoms with Gasteiger partial charge in [-0.05, 0) is 34.4 Å². The third-order valence-electron chi connectivity index (χ3n) is 5.37. The average Bonchev–Trinajstić information content (AvgIpc) is 3.13. The molecule has 4 nitrogen and oxygen atoms in total. The van der Waals surface area contributed by atoms with Gasteiger partial charge in [0.15, 0.2) is 0 Å². The molecule has 0 saturated heterocycles. The number of amides is 1. The molecule has 2 heterocycles. The van der Waals surface area contributed by atoms with Crippen molar-refractivity contribution in [3.05, 3.63) is 93.8 Å². The highest BCUT2D eigenvalue weighted by molar-refractivity contribution is 5.98. The SMILES string of the molecule is O=C(NCc1cccc2ccccc12)c1cn2c3c(cccc3c1=O)CC2. The molecule has 0 atom stereocenters. The van der Waals surface area contributed by atoms with Crippen LogP contribution in [-0.4, -0.2) is 10.5 Å². The molecule has 1 aromatic heterocycles. The second-order valence-corrected chi connectivity index (χ2v) is 6.95. The molecule has 4 heteroatoms. The van der Waals surface area contributed by atoms with Gasteiger partial charge in [0.1, 0.15) is 5.56 Å². The van der Waals surface area contributed by atoms with Crippen molar-refractivity contribution in [2.45, 2.75) is 19.5 Å². The molecule has 0 bridgehead atoms. The van der Waals surface area contributed by atoms with E-state index in [-0.39, 0.29) is 16.9 Å². The molecule has 27 heavy (non-hydrogen) atoms. The van der Waals surface area contributed by atoms with Gasteiger partial charge < -0.3 is 9.88 Å².